The molecule has 0 aromatic heterocycles. The molecule has 2 fully saturated rings. The van der Waals surface area contributed by atoms with Gasteiger partial charge in [0.05, 0.1) is 6.07 Å². The minimum atomic E-state index is 0.605. The van der Waals surface area contributed by atoms with Gasteiger partial charge in [0.2, 0.25) is 0 Å². The number of rotatable bonds is 2. The molecular weight excluding hydrogens is 210 g/mol. The Labute approximate surface area is 105 Å². The van der Waals surface area contributed by atoms with Crippen molar-refractivity contribution in [2.75, 3.05) is 33.2 Å². The van der Waals surface area contributed by atoms with Crippen LogP contribution in [0.3, 0.4) is 0 Å². The number of likely N-dealkylation sites (tertiary alicyclic amines) is 2. The van der Waals surface area contributed by atoms with E-state index in [-0.39, 0.29) is 0 Å². The zero-order valence-corrected chi connectivity index (χ0v) is 11.2. The highest BCUT2D eigenvalue weighted by Crippen LogP contribution is 2.29. The van der Waals surface area contributed by atoms with Crippen LogP contribution < -0.4 is 0 Å². The van der Waals surface area contributed by atoms with E-state index >= 15 is 0 Å². The van der Waals surface area contributed by atoms with Gasteiger partial charge < -0.3 is 4.90 Å². The summed E-state index contributed by atoms with van der Waals surface area (Å²) in [6, 6.07) is 3.14. The third kappa shape index (κ3) is 3.20. The maximum Gasteiger partial charge on any atom is 0.0625 e. The minimum Gasteiger partial charge on any atom is -0.306 e. The molecule has 0 saturated carbocycles. The molecule has 2 unspecified atom stereocenters. The molecule has 0 amide bonds. The van der Waals surface area contributed by atoms with Gasteiger partial charge in [0.15, 0.2) is 0 Å². The van der Waals surface area contributed by atoms with Crippen molar-refractivity contribution in [1.29, 1.82) is 5.26 Å². The summed E-state index contributed by atoms with van der Waals surface area (Å²) in [5.74, 6) is 1.34. The maximum absolute atomic E-state index is 8.89. The molecule has 0 aromatic carbocycles. The number of piperidine rings is 2. The van der Waals surface area contributed by atoms with Crippen LogP contribution in [0.5, 0.6) is 0 Å². The lowest BCUT2D eigenvalue weighted by Gasteiger charge is -2.43. The van der Waals surface area contributed by atoms with Crippen LogP contribution in [0.25, 0.3) is 0 Å². The van der Waals surface area contributed by atoms with Crippen LogP contribution in [0.15, 0.2) is 0 Å². The van der Waals surface area contributed by atoms with Gasteiger partial charge in [-0.2, -0.15) is 5.26 Å². The Morgan fingerprint density at radius 2 is 1.88 bits per heavy atom. The summed E-state index contributed by atoms with van der Waals surface area (Å²) >= 11 is 0. The Bertz CT molecular complexity index is 276. The molecule has 0 spiro atoms. The van der Waals surface area contributed by atoms with Gasteiger partial charge in [0, 0.05) is 19.0 Å². The number of nitriles is 1. The molecule has 0 aliphatic carbocycles. The van der Waals surface area contributed by atoms with Crippen molar-refractivity contribution in [2.45, 2.75) is 38.6 Å². The van der Waals surface area contributed by atoms with E-state index in [1.807, 2.05) is 0 Å². The molecule has 17 heavy (non-hydrogen) atoms. The van der Waals surface area contributed by atoms with Gasteiger partial charge in [0.25, 0.3) is 0 Å². The number of hydrogen-bond acceptors (Lipinski definition) is 3. The van der Waals surface area contributed by atoms with Crippen LogP contribution in [-0.4, -0.2) is 49.1 Å². The van der Waals surface area contributed by atoms with E-state index in [2.05, 4.69) is 29.8 Å². The summed E-state index contributed by atoms with van der Waals surface area (Å²) in [7, 11) is 2.22. The topological polar surface area (TPSA) is 30.3 Å². The van der Waals surface area contributed by atoms with Gasteiger partial charge in [0.1, 0.15) is 0 Å². The molecule has 0 radical (unpaired) electrons. The van der Waals surface area contributed by atoms with Crippen molar-refractivity contribution in [3.05, 3.63) is 0 Å². The molecule has 0 bridgehead atoms. The smallest absolute Gasteiger partial charge is 0.0625 e. The quantitative estimate of drug-likeness (QED) is 0.733. The van der Waals surface area contributed by atoms with E-state index in [4.69, 9.17) is 5.26 Å². The monoisotopic (exact) mass is 235 g/mol. The highest BCUT2D eigenvalue weighted by atomic mass is 15.2. The van der Waals surface area contributed by atoms with Crippen LogP contribution in [0.4, 0.5) is 0 Å². The second-order valence-electron chi connectivity index (χ2n) is 5.92. The van der Waals surface area contributed by atoms with Gasteiger partial charge in [-0.05, 0) is 57.8 Å². The van der Waals surface area contributed by atoms with E-state index < -0.39 is 0 Å². The van der Waals surface area contributed by atoms with Crippen molar-refractivity contribution in [3.8, 4) is 6.07 Å². The zero-order chi connectivity index (χ0) is 12.3. The van der Waals surface area contributed by atoms with Gasteiger partial charge in [-0.3, -0.25) is 4.90 Å². The Morgan fingerprint density at radius 1 is 1.18 bits per heavy atom. The molecule has 2 rings (SSSR count). The first-order valence-electron chi connectivity index (χ1n) is 7.00. The summed E-state index contributed by atoms with van der Waals surface area (Å²) in [6.07, 6.45) is 4.64. The largest absolute Gasteiger partial charge is 0.306 e. The molecule has 2 atom stereocenters. The summed E-state index contributed by atoms with van der Waals surface area (Å²) < 4.78 is 0. The lowest BCUT2D eigenvalue weighted by atomic mass is 9.84. The molecule has 96 valence electrons. The van der Waals surface area contributed by atoms with Crippen LogP contribution in [-0.2, 0) is 0 Å². The van der Waals surface area contributed by atoms with Crippen LogP contribution in [0.1, 0.15) is 32.6 Å². The lowest BCUT2D eigenvalue weighted by molar-refractivity contribution is 0.0572. The Kier molecular flexibility index (Phi) is 4.42. The zero-order valence-electron chi connectivity index (χ0n) is 11.2. The fourth-order valence-corrected chi connectivity index (χ4v) is 3.25. The van der Waals surface area contributed by atoms with Crippen molar-refractivity contribution in [2.24, 2.45) is 11.8 Å². The van der Waals surface area contributed by atoms with Crippen molar-refractivity contribution in [3.63, 3.8) is 0 Å². The molecule has 0 aromatic rings. The highest BCUT2D eigenvalue weighted by Gasteiger charge is 2.31. The second kappa shape index (κ2) is 5.84. The summed E-state index contributed by atoms with van der Waals surface area (Å²) in [5.41, 5.74) is 0. The third-order valence-corrected chi connectivity index (χ3v) is 4.70. The molecule has 2 aliphatic heterocycles. The summed E-state index contributed by atoms with van der Waals surface area (Å²) in [5, 5.41) is 8.89. The SMILES string of the molecule is CC1CCN(C2CCN(C)CC2)CC1CC#N. The predicted octanol–water partition coefficient (Wildman–Crippen LogP) is 1.95. The van der Waals surface area contributed by atoms with Crippen LogP contribution in [0.2, 0.25) is 0 Å². The Morgan fingerprint density at radius 3 is 2.53 bits per heavy atom. The Hall–Kier alpha value is -0.590. The van der Waals surface area contributed by atoms with Crippen molar-refractivity contribution < 1.29 is 0 Å². The van der Waals surface area contributed by atoms with Gasteiger partial charge in [-0.25, -0.2) is 0 Å². The summed E-state index contributed by atoms with van der Waals surface area (Å²) in [6.45, 7) is 7.19. The number of hydrogen-bond donors (Lipinski definition) is 0. The van der Waals surface area contributed by atoms with E-state index in [0.29, 0.717) is 5.92 Å². The molecule has 2 aliphatic rings. The average molecular weight is 235 g/mol. The van der Waals surface area contributed by atoms with Gasteiger partial charge in [-0.15, -0.1) is 0 Å². The second-order valence-corrected chi connectivity index (χ2v) is 5.92. The first-order valence-corrected chi connectivity index (χ1v) is 7.00. The van der Waals surface area contributed by atoms with E-state index in [1.54, 1.807) is 0 Å². The fourth-order valence-electron chi connectivity index (χ4n) is 3.25. The molecular formula is C14H25N3. The van der Waals surface area contributed by atoms with Crippen molar-refractivity contribution >= 4 is 0 Å². The Balaban J connectivity index is 1.87. The molecule has 3 heteroatoms. The maximum atomic E-state index is 8.89. The lowest BCUT2D eigenvalue weighted by Crippen LogP contribution is -2.49. The van der Waals surface area contributed by atoms with E-state index in [1.165, 1.54) is 38.9 Å². The highest BCUT2D eigenvalue weighted by molar-refractivity contribution is 4.88. The average Bonchev–Trinajstić information content (AvgIpc) is 2.33. The van der Waals surface area contributed by atoms with Crippen molar-refractivity contribution in [1.82, 2.24) is 9.80 Å². The molecule has 0 N–H and O–H groups in total. The van der Waals surface area contributed by atoms with E-state index in [0.717, 1.165) is 24.9 Å². The normalized spacial score (nSPS) is 33.5. The van der Waals surface area contributed by atoms with Gasteiger partial charge in [-0.1, -0.05) is 6.92 Å². The first-order chi connectivity index (χ1) is 8.20. The van der Waals surface area contributed by atoms with Gasteiger partial charge >= 0.3 is 0 Å². The molecule has 2 heterocycles. The minimum absolute atomic E-state index is 0.605. The molecule has 2 saturated heterocycles. The summed E-state index contributed by atoms with van der Waals surface area (Å²) in [4.78, 5) is 5.09. The van der Waals surface area contributed by atoms with E-state index in [9.17, 15) is 0 Å². The number of nitrogens with zero attached hydrogens (tertiary/aromatic N) is 3. The first kappa shape index (κ1) is 12.9. The van der Waals surface area contributed by atoms with Crippen LogP contribution >= 0.6 is 0 Å². The molecule has 3 nitrogen and oxygen atoms in total. The third-order valence-electron chi connectivity index (χ3n) is 4.70. The van der Waals surface area contributed by atoms with Crippen LogP contribution in [0, 0.1) is 23.2 Å². The standard InChI is InChI=1S/C14H25N3/c1-12-4-10-17(11-13(12)3-7-15)14-5-8-16(2)9-6-14/h12-14H,3-6,8-11H2,1-2H3. The predicted molar refractivity (Wildman–Crippen MR) is 69.6 cm³/mol. The fraction of sp³-hybridized carbons (Fsp3) is 0.929.